The molecule has 0 saturated carbocycles. The molecule has 4 aromatic rings. The molecule has 0 unspecified atom stereocenters. The first-order valence-electron chi connectivity index (χ1n) is 43.2. The fourth-order valence-corrected chi connectivity index (χ4v) is 28.7. The van der Waals surface area contributed by atoms with Crippen molar-refractivity contribution in [1.29, 1.82) is 0 Å². The molecule has 0 atom stereocenters. The Morgan fingerprint density at radius 2 is 0.400 bits per heavy atom. The van der Waals surface area contributed by atoms with Gasteiger partial charge in [-0.2, -0.15) is 24.3 Å². The van der Waals surface area contributed by atoms with E-state index in [2.05, 4.69) is 249 Å². The molecule has 0 aliphatic rings. The SMILES string of the molecule is CN(C)Cc1[c-]c(CN(C)C)cc(NC(=O)OCCCCO[Si](C)(C)CCC[Si](CCC[Si](C)(C)OCCCCOC(=O)Nc2cc(CN(C)C)[c-]c(CN(C)C)c2)(CCC[Si](C)(C)OCCCCOC(=O)Nc2cc(CN(C)C)[c-]c(CN(C)C)c2)CCC[Si](C)(C)OCCCCOC(=O)Nc2cc(CN(C)C)[c-]c(CN(C)C)c2)c1.[Ni][Br].[Ni][Br].[Ni][Br].[Ni][Br]. The van der Waals surface area contributed by atoms with Crippen LogP contribution in [0.3, 0.4) is 0 Å². The zero-order valence-corrected chi connectivity index (χ0v) is 95.1. The topological polar surface area (TPSA) is 216 Å². The van der Waals surface area contributed by atoms with Crippen molar-refractivity contribution in [2.45, 2.75) is 230 Å². The summed E-state index contributed by atoms with van der Waals surface area (Å²) in [6.45, 7) is 28.4. The third kappa shape index (κ3) is 64.1. The van der Waals surface area contributed by atoms with Gasteiger partial charge >= 0.3 is 136 Å². The number of rotatable bonds is 60. The van der Waals surface area contributed by atoms with E-state index in [9.17, 15) is 19.2 Å². The van der Waals surface area contributed by atoms with Crippen LogP contribution in [0.4, 0.5) is 41.9 Å². The molecule has 0 saturated heterocycles. The molecule has 0 aromatic heterocycles. The standard InChI is InChI=1S/C88H156N12O12Si5.4BrH.4Ni/c1-93(2)65-73-53-74(66-94(3)4)58-81(57-73)89-85(101)105-37-25-29-41-109-113(17,18)45-33-49-117(50-34-46-114(19,20)110-42-30-26-38-106-86(102)90-82-59-75(67-95(5)6)54-76(60-82)68-96(7)8,51-35-47-115(21,22)111-43-31-27-39-107-87(103)91-83-61-77(69-97(9)10)55-78(62-83)70-98(11)12)52-36-48-116(23,24)112-44-32-28-40-108-88(104)92-84-63-79(71-99(13)14)56-80(64-84)72-100(15)16;;;;;;;;/h57-64H,25-52,65-72H2,1-24H3,(H,89,101)(H,90,102)(H,91,103)(H,92,104);4*1H;;;;/q-4;;;;;4*+1/p-4. The molecule has 4 N–H and O–H groups in total. The molecule has 0 fully saturated rings. The Labute approximate surface area is 821 Å². The van der Waals surface area contributed by atoms with Gasteiger partial charge in [-0.15, -0.1) is 93.0 Å². The first-order chi connectivity index (χ1) is 59.0. The van der Waals surface area contributed by atoms with Crippen LogP contribution in [0, 0.1) is 24.3 Å². The van der Waals surface area contributed by atoms with E-state index in [1.54, 1.807) is 0 Å². The molecule has 24 nitrogen and oxygen atoms in total. The second-order valence-corrected chi connectivity index (χ2v) is 59.0. The van der Waals surface area contributed by atoms with Crippen LogP contribution in [0.15, 0.2) is 48.5 Å². The average Bonchev–Trinajstić information content (AvgIpc) is 0.866. The maximum absolute atomic E-state index is 13.1. The zero-order valence-electron chi connectivity index (χ0n) is 79.8. The Balaban J connectivity index is 0.0000186. The monoisotopic (exact) mass is 2260 g/mol. The van der Waals surface area contributed by atoms with Gasteiger partial charge in [0.15, 0.2) is 33.3 Å². The van der Waals surface area contributed by atoms with Gasteiger partial charge in [-0.1, -0.05) is 72.6 Å². The summed E-state index contributed by atoms with van der Waals surface area (Å²) in [6, 6.07) is 38.9. The van der Waals surface area contributed by atoms with Crippen LogP contribution in [0.25, 0.3) is 0 Å². The van der Waals surface area contributed by atoms with Gasteiger partial charge in [0.05, 0.1) is 34.5 Å². The van der Waals surface area contributed by atoms with E-state index in [0.29, 0.717) is 154 Å². The molecule has 4 amide bonds. The minimum atomic E-state index is -2.10. The minimum absolute atomic E-state index is 0.308. The number of benzene rings is 4. The van der Waals surface area contributed by atoms with Crippen LogP contribution in [-0.4, -0.2) is 271 Å². The Kier molecular flexibility index (Phi) is 69.3. The Morgan fingerprint density at radius 3 is 0.544 bits per heavy atom. The van der Waals surface area contributed by atoms with Crippen molar-refractivity contribution in [1.82, 2.24) is 39.2 Å². The van der Waals surface area contributed by atoms with Crippen molar-refractivity contribution < 1.29 is 111 Å². The number of unbranched alkanes of at least 4 members (excludes halogenated alkanes) is 4. The molecule has 125 heavy (non-hydrogen) atoms. The van der Waals surface area contributed by atoms with E-state index >= 15 is 0 Å². The summed E-state index contributed by atoms with van der Waals surface area (Å²) >= 11 is 25.0. The number of halogens is 4. The normalized spacial score (nSPS) is 11.9. The van der Waals surface area contributed by atoms with Crippen LogP contribution in [0.1, 0.15) is 122 Å². The number of amides is 4. The van der Waals surface area contributed by atoms with E-state index < -0.39 is 65.7 Å². The summed E-state index contributed by atoms with van der Waals surface area (Å²) in [5.74, 6) is 0. The van der Waals surface area contributed by atoms with Gasteiger partial charge in [-0.3, -0.25) is 0 Å². The number of hydrogen-bond acceptors (Lipinski definition) is 20. The van der Waals surface area contributed by atoms with Crippen molar-refractivity contribution in [2.24, 2.45) is 0 Å². The average molecular weight is 2270 g/mol. The summed E-state index contributed by atoms with van der Waals surface area (Å²) in [6.07, 6.45) is 8.70. The van der Waals surface area contributed by atoms with Gasteiger partial charge < -0.3 is 97.1 Å². The molecule has 37 heteroatoms. The summed E-state index contributed by atoms with van der Waals surface area (Å²) in [7, 11) is 22.0. The van der Waals surface area contributed by atoms with Crippen LogP contribution in [-0.2, 0) is 144 Å². The van der Waals surface area contributed by atoms with Gasteiger partial charge in [-0.05, 0) is 241 Å². The Bertz CT molecular complexity index is 3020. The van der Waals surface area contributed by atoms with Crippen molar-refractivity contribution in [3.63, 3.8) is 0 Å². The third-order valence-corrected chi connectivity index (χ3v) is 35.6. The van der Waals surface area contributed by atoms with Gasteiger partial charge in [0, 0.05) is 78.8 Å². The van der Waals surface area contributed by atoms with Crippen molar-refractivity contribution in [3.8, 4) is 0 Å². The molecule has 0 bridgehead atoms. The fourth-order valence-electron chi connectivity index (χ4n) is 14.6. The molecule has 0 radical (unpaired) electrons. The van der Waals surface area contributed by atoms with E-state index in [0.717, 1.165) is 120 Å². The first kappa shape index (κ1) is 123. The number of nitrogens with zero attached hydrogens (tertiary/aromatic N) is 8. The summed E-state index contributed by atoms with van der Waals surface area (Å²) < 4.78 is 50.3. The van der Waals surface area contributed by atoms with Crippen molar-refractivity contribution >= 4 is 145 Å². The van der Waals surface area contributed by atoms with Crippen molar-refractivity contribution in [2.75, 3.05) is 187 Å². The summed E-state index contributed by atoms with van der Waals surface area (Å²) in [5, 5.41) is 11.9. The molecule has 732 valence electrons. The van der Waals surface area contributed by atoms with Gasteiger partial charge in [0.2, 0.25) is 0 Å². The van der Waals surface area contributed by atoms with Gasteiger partial charge in [0.1, 0.15) is 0 Å². The fraction of sp³-hybridized carbons (Fsp3) is 0.682. The van der Waals surface area contributed by atoms with Crippen LogP contribution in [0.5, 0.6) is 0 Å². The first-order valence-corrected chi connectivity index (χ1v) is 68.3. The predicted octanol–water partition coefficient (Wildman–Crippen LogP) is 21.1. The molecule has 4 aromatic carbocycles. The van der Waals surface area contributed by atoms with E-state index in [4.69, 9.17) is 36.7 Å². The third-order valence-electron chi connectivity index (χ3n) is 19.8. The molecule has 0 aliphatic heterocycles. The summed E-state index contributed by atoms with van der Waals surface area (Å²) in [5.41, 5.74) is 10.9. The number of carbonyl (C=O) groups excluding carboxylic acids is 4. The van der Waals surface area contributed by atoms with Crippen LogP contribution < -0.4 is 21.3 Å². The van der Waals surface area contributed by atoms with Crippen LogP contribution >= 0.6 is 56.9 Å². The number of nitrogens with one attached hydrogen (secondary N) is 4. The van der Waals surface area contributed by atoms with Crippen LogP contribution in [0.2, 0.25) is 101 Å². The summed E-state index contributed by atoms with van der Waals surface area (Å²) in [4.78, 5) is 69.1. The Hall–Kier alpha value is -1.54. The number of ether oxygens (including phenoxy) is 4. The molecule has 0 heterocycles. The maximum atomic E-state index is 13.1. The number of carbonyl (C=O) groups is 4. The molecule has 0 spiro atoms. The Morgan fingerprint density at radius 1 is 0.256 bits per heavy atom. The molecule has 0 aliphatic carbocycles. The zero-order chi connectivity index (χ0) is 94.8. The molecular formula is C88H156Br4N12Ni4O12Si5-4. The van der Waals surface area contributed by atoms with Gasteiger partial charge in [0.25, 0.3) is 0 Å². The molecule has 4 rings (SSSR count). The van der Waals surface area contributed by atoms with E-state index in [-0.39, 0.29) is 0 Å². The quantitative estimate of drug-likeness (QED) is 0.0140. The van der Waals surface area contributed by atoms with Gasteiger partial charge in [-0.25, -0.2) is 19.2 Å². The van der Waals surface area contributed by atoms with Crippen molar-refractivity contribution in [3.05, 3.63) is 117 Å². The second-order valence-electron chi connectivity index (χ2n) is 36.8. The van der Waals surface area contributed by atoms with E-state index in [1.165, 1.54) is 24.2 Å². The predicted molar refractivity (Wildman–Crippen MR) is 529 cm³/mol. The number of anilines is 4. The number of hydrogen-bond donors (Lipinski definition) is 4. The molecular weight excluding hydrogens is 2110 g/mol. The second kappa shape index (κ2) is 70.2. The van der Waals surface area contributed by atoms with E-state index in [1.807, 2.05) is 161 Å².